The van der Waals surface area contributed by atoms with E-state index in [2.05, 4.69) is 42.6 Å². The van der Waals surface area contributed by atoms with Crippen molar-refractivity contribution >= 4 is 21.4 Å². The highest BCUT2D eigenvalue weighted by atomic mass is 32.1. The van der Waals surface area contributed by atoms with Gasteiger partial charge in [-0.15, -0.1) is 11.3 Å². The molecular formula is C15H19NO2S. The van der Waals surface area contributed by atoms with Gasteiger partial charge in [0, 0.05) is 35.2 Å². The van der Waals surface area contributed by atoms with Crippen LogP contribution in [-0.2, 0) is 4.74 Å². The number of hydrogen-bond acceptors (Lipinski definition) is 4. The normalized spacial score (nSPS) is 24.9. The van der Waals surface area contributed by atoms with Crippen LogP contribution in [0.5, 0.6) is 0 Å². The first-order chi connectivity index (χ1) is 9.16. The van der Waals surface area contributed by atoms with Gasteiger partial charge in [-0.05, 0) is 24.4 Å². The van der Waals surface area contributed by atoms with Crippen LogP contribution in [0.3, 0.4) is 0 Å². The Hall–Kier alpha value is -0.940. The number of thiophene rings is 1. The van der Waals surface area contributed by atoms with Gasteiger partial charge in [0.05, 0.1) is 6.61 Å². The van der Waals surface area contributed by atoms with Gasteiger partial charge in [-0.25, -0.2) is 0 Å². The zero-order chi connectivity index (χ0) is 13.3. The maximum absolute atomic E-state index is 10.2. The Morgan fingerprint density at radius 3 is 3.05 bits per heavy atom. The first-order valence-electron chi connectivity index (χ1n) is 6.68. The van der Waals surface area contributed by atoms with Crippen LogP contribution in [-0.4, -0.2) is 30.5 Å². The lowest BCUT2D eigenvalue weighted by molar-refractivity contribution is 0.0252. The van der Waals surface area contributed by atoms with E-state index in [1.54, 1.807) is 0 Å². The molecular weight excluding hydrogens is 258 g/mol. The lowest BCUT2D eigenvalue weighted by atomic mass is 10.0. The van der Waals surface area contributed by atoms with Gasteiger partial charge in [-0.1, -0.05) is 18.2 Å². The highest BCUT2D eigenvalue weighted by Gasteiger charge is 2.32. The molecule has 102 valence electrons. The monoisotopic (exact) mass is 277 g/mol. The molecule has 0 bridgehead atoms. The zero-order valence-electron chi connectivity index (χ0n) is 11.1. The molecule has 0 aliphatic carbocycles. The van der Waals surface area contributed by atoms with E-state index in [1.807, 2.05) is 11.3 Å². The van der Waals surface area contributed by atoms with Gasteiger partial charge in [-0.2, -0.15) is 0 Å². The molecule has 2 heterocycles. The first-order valence-corrected chi connectivity index (χ1v) is 7.50. The van der Waals surface area contributed by atoms with Crippen molar-refractivity contribution in [2.75, 3.05) is 19.8 Å². The number of benzene rings is 1. The van der Waals surface area contributed by atoms with E-state index in [9.17, 15) is 5.11 Å². The molecule has 4 heteroatoms. The summed E-state index contributed by atoms with van der Waals surface area (Å²) >= 11 is 1.81. The molecule has 1 aromatic heterocycles. The average molecular weight is 277 g/mol. The van der Waals surface area contributed by atoms with Crippen molar-refractivity contribution in [2.45, 2.75) is 25.0 Å². The van der Waals surface area contributed by atoms with Gasteiger partial charge in [-0.3, -0.25) is 0 Å². The van der Waals surface area contributed by atoms with Crippen LogP contribution in [0, 0.1) is 0 Å². The second kappa shape index (κ2) is 5.21. The third kappa shape index (κ3) is 2.82. The van der Waals surface area contributed by atoms with Crippen molar-refractivity contribution in [2.24, 2.45) is 0 Å². The van der Waals surface area contributed by atoms with Crippen LogP contribution >= 0.6 is 11.3 Å². The fraction of sp³-hybridized carbons (Fsp3) is 0.467. The average Bonchev–Trinajstić information content (AvgIpc) is 3.02. The minimum absolute atomic E-state index is 0.252. The molecule has 2 atom stereocenters. The van der Waals surface area contributed by atoms with Crippen molar-refractivity contribution in [3.63, 3.8) is 0 Å². The maximum atomic E-state index is 10.2. The molecule has 19 heavy (non-hydrogen) atoms. The van der Waals surface area contributed by atoms with Gasteiger partial charge < -0.3 is 15.2 Å². The van der Waals surface area contributed by atoms with E-state index in [0.29, 0.717) is 19.8 Å². The largest absolute Gasteiger partial charge is 0.386 e. The molecule has 1 fully saturated rings. The highest BCUT2D eigenvalue weighted by molar-refractivity contribution is 7.19. The summed E-state index contributed by atoms with van der Waals surface area (Å²) in [5, 5.41) is 15.0. The molecule has 2 unspecified atom stereocenters. The number of fused-ring (bicyclic) bond motifs is 1. The third-order valence-electron chi connectivity index (χ3n) is 3.69. The van der Waals surface area contributed by atoms with E-state index in [4.69, 9.17) is 4.74 Å². The summed E-state index contributed by atoms with van der Waals surface area (Å²) in [6, 6.07) is 10.9. The SMILES string of the molecule is CC(NCC1(O)CCOC1)c1cc2ccccc2s1. The summed E-state index contributed by atoms with van der Waals surface area (Å²) < 4.78 is 6.57. The van der Waals surface area contributed by atoms with Crippen LogP contribution in [0.1, 0.15) is 24.3 Å². The lowest BCUT2D eigenvalue weighted by Crippen LogP contribution is -2.41. The van der Waals surface area contributed by atoms with Gasteiger partial charge in [0.15, 0.2) is 0 Å². The highest BCUT2D eigenvalue weighted by Crippen LogP contribution is 2.30. The van der Waals surface area contributed by atoms with Crippen LogP contribution in [0.15, 0.2) is 30.3 Å². The molecule has 1 saturated heterocycles. The Bertz CT molecular complexity index is 527. The van der Waals surface area contributed by atoms with Crippen molar-refractivity contribution in [1.82, 2.24) is 5.32 Å². The number of rotatable bonds is 4. The van der Waals surface area contributed by atoms with Gasteiger partial charge in [0.25, 0.3) is 0 Å². The quantitative estimate of drug-likeness (QED) is 0.903. The smallest absolute Gasteiger partial charge is 0.103 e. The summed E-state index contributed by atoms with van der Waals surface area (Å²) in [5.74, 6) is 0. The Kier molecular flexibility index (Phi) is 3.58. The van der Waals surface area contributed by atoms with E-state index >= 15 is 0 Å². The Balaban J connectivity index is 1.68. The fourth-order valence-electron chi connectivity index (χ4n) is 2.40. The van der Waals surface area contributed by atoms with Crippen molar-refractivity contribution in [3.8, 4) is 0 Å². The summed E-state index contributed by atoms with van der Waals surface area (Å²) in [6.07, 6.45) is 0.721. The molecule has 3 nitrogen and oxygen atoms in total. The third-order valence-corrected chi connectivity index (χ3v) is 4.99. The Labute approximate surface area is 117 Å². The summed E-state index contributed by atoms with van der Waals surface area (Å²) in [5.41, 5.74) is -0.690. The van der Waals surface area contributed by atoms with E-state index < -0.39 is 5.60 Å². The van der Waals surface area contributed by atoms with Crippen molar-refractivity contribution in [1.29, 1.82) is 0 Å². The van der Waals surface area contributed by atoms with Crippen LogP contribution < -0.4 is 5.32 Å². The Morgan fingerprint density at radius 1 is 1.47 bits per heavy atom. The molecule has 0 radical (unpaired) electrons. The van der Waals surface area contributed by atoms with Gasteiger partial charge >= 0.3 is 0 Å². The Morgan fingerprint density at radius 2 is 2.32 bits per heavy atom. The summed E-state index contributed by atoms with van der Waals surface area (Å²) in [4.78, 5) is 1.31. The van der Waals surface area contributed by atoms with E-state index in [0.717, 1.165) is 6.42 Å². The van der Waals surface area contributed by atoms with E-state index in [1.165, 1.54) is 15.0 Å². The molecule has 0 amide bonds. The van der Waals surface area contributed by atoms with Crippen molar-refractivity contribution in [3.05, 3.63) is 35.2 Å². The van der Waals surface area contributed by atoms with Crippen LogP contribution in [0.2, 0.25) is 0 Å². The van der Waals surface area contributed by atoms with Crippen LogP contribution in [0.4, 0.5) is 0 Å². The first kappa shape index (κ1) is 13.1. The van der Waals surface area contributed by atoms with Crippen molar-refractivity contribution < 1.29 is 9.84 Å². The fourth-order valence-corrected chi connectivity index (χ4v) is 3.49. The zero-order valence-corrected chi connectivity index (χ0v) is 11.9. The second-order valence-corrected chi connectivity index (χ2v) is 6.43. The molecule has 1 aliphatic heterocycles. The molecule has 3 rings (SSSR count). The van der Waals surface area contributed by atoms with Gasteiger partial charge in [0.1, 0.15) is 5.60 Å². The second-order valence-electron chi connectivity index (χ2n) is 5.32. The minimum Gasteiger partial charge on any atom is -0.386 e. The number of ether oxygens (including phenoxy) is 1. The molecule has 2 N–H and O–H groups in total. The predicted molar refractivity (Wildman–Crippen MR) is 78.6 cm³/mol. The summed E-state index contributed by atoms with van der Waals surface area (Å²) in [6.45, 7) is 3.83. The van der Waals surface area contributed by atoms with Crippen LogP contribution in [0.25, 0.3) is 10.1 Å². The lowest BCUT2D eigenvalue weighted by Gasteiger charge is -2.23. The van der Waals surface area contributed by atoms with E-state index in [-0.39, 0.29) is 6.04 Å². The molecule has 0 saturated carbocycles. The molecule has 0 spiro atoms. The number of hydrogen-bond donors (Lipinski definition) is 2. The minimum atomic E-state index is -0.690. The molecule has 1 aromatic carbocycles. The van der Waals surface area contributed by atoms with Gasteiger partial charge in [0.2, 0.25) is 0 Å². The molecule has 1 aliphatic rings. The summed E-state index contributed by atoms with van der Waals surface area (Å²) in [7, 11) is 0. The topological polar surface area (TPSA) is 41.5 Å². The maximum Gasteiger partial charge on any atom is 0.103 e. The molecule has 2 aromatic rings. The number of nitrogens with one attached hydrogen (secondary N) is 1. The standard InChI is InChI=1S/C15H19NO2S/c1-11(16-9-15(17)6-7-18-10-15)14-8-12-4-2-3-5-13(12)19-14/h2-5,8,11,16-17H,6-7,9-10H2,1H3. The number of aliphatic hydroxyl groups is 1. The predicted octanol–water partition coefficient (Wildman–Crippen LogP) is 2.70.